The van der Waals surface area contributed by atoms with Crippen molar-refractivity contribution < 1.29 is 46.4 Å². The van der Waals surface area contributed by atoms with Crippen molar-refractivity contribution in [3.8, 4) is 0 Å². The Morgan fingerprint density at radius 2 is 0.692 bits per heavy atom. The lowest BCUT2D eigenvalue weighted by molar-refractivity contribution is -0.788. The van der Waals surface area contributed by atoms with Gasteiger partial charge in [0.05, 0.1) is 22.2 Å². The average Bonchev–Trinajstić information content (AvgIpc) is 2.03. The fourth-order valence-corrected chi connectivity index (χ4v) is 5.20. The summed E-state index contributed by atoms with van der Waals surface area (Å²) in [6.45, 7) is 18.2. The summed E-state index contributed by atoms with van der Waals surface area (Å²) in [7, 11) is 0. The number of hydrogen-bond acceptors (Lipinski definition) is 2. The molecule has 0 radical (unpaired) electrons. The van der Waals surface area contributed by atoms with Crippen LogP contribution in [0.4, 0.5) is 0 Å². The normalized spacial score (nSPS) is 25.6. The molecular weight excluding hydrogens is 375 g/mol. The van der Waals surface area contributed by atoms with E-state index in [0.717, 1.165) is 25.7 Å². The van der Waals surface area contributed by atoms with Crippen LogP contribution in [0.3, 0.4) is 0 Å². The van der Waals surface area contributed by atoms with Gasteiger partial charge in [-0.25, -0.2) is 0 Å². The monoisotopic (exact) mass is 420 g/mol. The number of halogens is 2. The van der Waals surface area contributed by atoms with Gasteiger partial charge in [-0.15, -0.1) is 0 Å². The van der Waals surface area contributed by atoms with Gasteiger partial charge in [-0.3, -0.25) is 0 Å². The Labute approximate surface area is 173 Å². The lowest BCUT2D eigenvalue weighted by atomic mass is 9.80. The third kappa shape index (κ3) is 12.7. The fraction of sp³-hybridized carbons (Fsp3) is 1.00. The molecule has 0 aliphatic carbocycles. The van der Waals surface area contributed by atoms with Crippen LogP contribution in [-0.4, -0.2) is 45.2 Å². The van der Waals surface area contributed by atoms with E-state index < -0.39 is 0 Å². The molecule has 2 heterocycles. The van der Waals surface area contributed by atoms with Crippen LogP contribution in [-0.2, 0) is 0 Å². The van der Waals surface area contributed by atoms with Crippen LogP contribution in [0.25, 0.3) is 0 Å². The molecule has 0 spiro atoms. The first kappa shape index (κ1) is 33.9. The van der Waals surface area contributed by atoms with Gasteiger partial charge < -0.3 is 57.9 Å². The Morgan fingerprint density at radius 1 is 0.538 bits per heavy atom. The van der Waals surface area contributed by atoms with Crippen molar-refractivity contribution in [2.75, 3.05) is 0 Å². The number of nitrogens with two attached hydrogens (primary N) is 4. The molecule has 2 rings (SSSR count). The third-order valence-electron chi connectivity index (χ3n) is 4.72. The highest BCUT2D eigenvalue weighted by atomic mass is 35.5. The molecule has 6 nitrogen and oxygen atoms in total. The summed E-state index contributed by atoms with van der Waals surface area (Å²) in [5.41, 5.74) is 13.3. The topological polar surface area (TPSA) is 148 Å². The zero-order valence-electron chi connectivity index (χ0n) is 18.0. The van der Waals surface area contributed by atoms with Gasteiger partial charge in [-0.1, -0.05) is 0 Å². The Bertz CT molecular complexity index is 323. The van der Waals surface area contributed by atoms with E-state index in [-0.39, 0.29) is 35.8 Å². The molecule has 0 bridgehead atoms. The van der Waals surface area contributed by atoms with Crippen LogP contribution in [0.5, 0.6) is 0 Å². The first-order chi connectivity index (χ1) is 9.62. The maximum atomic E-state index is 5.97. The molecule has 2 saturated heterocycles. The van der Waals surface area contributed by atoms with Crippen molar-refractivity contribution >= 4 is 0 Å². The lowest BCUT2D eigenvalue weighted by Gasteiger charge is -2.41. The molecule has 0 unspecified atom stereocenters. The Kier molecular flexibility index (Phi) is 14.8. The van der Waals surface area contributed by atoms with E-state index in [2.05, 4.69) is 66.0 Å². The minimum atomic E-state index is 0. The van der Waals surface area contributed by atoms with Crippen LogP contribution in [0.15, 0.2) is 0 Å². The fourth-order valence-electron chi connectivity index (χ4n) is 5.20. The third-order valence-corrected chi connectivity index (χ3v) is 4.72. The van der Waals surface area contributed by atoms with Crippen LogP contribution in [0, 0.1) is 0 Å². The van der Waals surface area contributed by atoms with Gasteiger partial charge in [0.1, 0.15) is 0 Å². The number of rotatable bonds is 0. The maximum absolute atomic E-state index is 5.97. The molecule has 26 heavy (non-hydrogen) atoms. The van der Waals surface area contributed by atoms with E-state index >= 15 is 0 Å². The zero-order valence-corrected chi connectivity index (χ0v) is 19.6. The number of hydrogen-bond donors (Lipinski definition) is 4. The van der Waals surface area contributed by atoms with Crippen molar-refractivity contribution in [1.82, 2.24) is 0 Å². The van der Waals surface area contributed by atoms with E-state index in [9.17, 15) is 0 Å². The first-order valence-corrected chi connectivity index (χ1v) is 8.87. The van der Waals surface area contributed by atoms with Crippen molar-refractivity contribution in [3.63, 3.8) is 0 Å². The van der Waals surface area contributed by atoms with Gasteiger partial charge >= 0.3 is 0 Å². The van der Waals surface area contributed by atoms with E-state index in [1.165, 1.54) is 0 Å². The number of quaternary nitrogens is 2. The summed E-state index contributed by atoms with van der Waals surface area (Å²) in [4.78, 5) is 0. The molecule has 164 valence electrons. The molecule has 2 aliphatic heterocycles. The Balaban J connectivity index is -0.000000161. The minimum absolute atomic E-state index is 0. The van der Waals surface area contributed by atoms with Crippen LogP contribution < -0.4 is 46.9 Å². The number of piperidine rings is 2. The highest BCUT2D eigenvalue weighted by Gasteiger charge is 2.40. The molecule has 8 heteroatoms. The summed E-state index contributed by atoms with van der Waals surface area (Å²) in [6.07, 6.45) is 4.54. The smallest absolute Gasteiger partial charge is 0.0923 e. The molecule has 0 aromatic carbocycles. The van der Waals surface area contributed by atoms with Crippen molar-refractivity contribution in [1.29, 1.82) is 0 Å². The summed E-state index contributed by atoms with van der Waals surface area (Å²) < 4.78 is 0. The minimum Gasteiger partial charge on any atom is -1.00 e. The Morgan fingerprint density at radius 3 is 0.808 bits per heavy atom. The Hall–Kier alpha value is 0.340. The lowest BCUT2D eigenvalue weighted by Crippen LogP contribution is -3.06. The van der Waals surface area contributed by atoms with E-state index in [0.29, 0.717) is 34.2 Å². The van der Waals surface area contributed by atoms with Gasteiger partial charge in [-0.05, 0) is 55.4 Å². The summed E-state index contributed by atoms with van der Waals surface area (Å²) >= 11 is 0. The van der Waals surface area contributed by atoms with E-state index in [1.807, 2.05) is 0 Å². The highest BCUT2D eigenvalue weighted by Crippen LogP contribution is 2.20. The van der Waals surface area contributed by atoms with E-state index in [4.69, 9.17) is 11.5 Å². The summed E-state index contributed by atoms with van der Waals surface area (Å²) in [5.74, 6) is 0. The molecule has 0 atom stereocenters. The summed E-state index contributed by atoms with van der Waals surface area (Å²) in [6, 6.07) is 0.787. The van der Waals surface area contributed by atoms with Gasteiger partial charge in [0, 0.05) is 37.8 Å². The second-order valence-corrected chi connectivity index (χ2v) is 10.6. The quantitative estimate of drug-likeness (QED) is 0.308. The van der Waals surface area contributed by atoms with Gasteiger partial charge in [0.15, 0.2) is 0 Å². The van der Waals surface area contributed by atoms with Gasteiger partial charge in [-0.2, -0.15) is 0 Å². The van der Waals surface area contributed by atoms with E-state index in [1.54, 1.807) is 0 Å². The van der Waals surface area contributed by atoms with Crippen molar-refractivity contribution in [2.24, 2.45) is 11.5 Å². The van der Waals surface area contributed by atoms with Crippen molar-refractivity contribution in [3.05, 3.63) is 0 Å². The zero-order chi connectivity index (χ0) is 17.4. The molecule has 2 fully saturated rings. The SMILES string of the molecule is CC1(C)CC(N)CC(C)(C)[NH2+]1.CC1(C)CC(N)CC(C)(C)[NH2+]1.O.O.[Cl-].[Cl-]. The van der Waals surface area contributed by atoms with Crippen LogP contribution >= 0.6 is 0 Å². The maximum Gasteiger partial charge on any atom is 0.0923 e. The highest BCUT2D eigenvalue weighted by molar-refractivity contribution is 4.86. The first-order valence-electron chi connectivity index (χ1n) is 8.87. The van der Waals surface area contributed by atoms with Gasteiger partial charge in [0.2, 0.25) is 0 Å². The second kappa shape index (κ2) is 11.4. The van der Waals surface area contributed by atoms with Gasteiger partial charge in [0.25, 0.3) is 0 Å². The molecule has 0 amide bonds. The van der Waals surface area contributed by atoms with Crippen LogP contribution in [0.2, 0.25) is 0 Å². The second-order valence-electron chi connectivity index (χ2n) is 10.6. The molecule has 0 saturated carbocycles. The standard InChI is InChI=1S/2C9H20N2.2ClH.2H2O/c2*1-8(2)5-7(10)6-9(3,4)11-8;;;;/h2*7,11H,5-6,10H2,1-4H3;2*1H;2*1H2. The average molecular weight is 421 g/mol. The largest absolute Gasteiger partial charge is 1.00 e. The molecule has 12 N–H and O–H groups in total. The molecular formula is C18H46Cl2N4O2. The predicted molar refractivity (Wildman–Crippen MR) is 102 cm³/mol. The summed E-state index contributed by atoms with van der Waals surface area (Å²) in [5, 5.41) is 4.90. The van der Waals surface area contributed by atoms with Crippen molar-refractivity contribution in [2.45, 2.75) is 115 Å². The van der Waals surface area contributed by atoms with Crippen LogP contribution in [0.1, 0.15) is 81.1 Å². The predicted octanol–water partition coefficient (Wildman–Crippen LogP) is -7.19. The molecule has 2 aliphatic rings. The molecule has 0 aromatic heterocycles. The molecule has 0 aromatic rings.